The summed E-state index contributed by atoms with van der Waals surface area (Å²) in [5.41, 5.74) is 7.55. The van der Waals surface area contributed by atoms with Gasteiger partial charge in [-0.15, -0.1) is 22.7 Å². The highest BCUT2D eigenvalue weighted by atomic mass is 32.1. The molecular formula is C52H30S2. The smallest absolute Gasteiger partial charge is 0.0440 e. The average Bonchev–Trinajstić information content (AvgIpc) is 3.81. The van der Waals surface area contributed by atoms with Crippen molar-refractivity contribution in [2.75, 3.05) is 0 Å². The van der Waals surface area contributed by atoms with Crippen LogP contribution in [0.1, 0.15) is 0 Å². The zero-order chi connectivity index (χ0) is 35.3. The van der Waals surface area contributed by atoms with Crippen LogP contribution in [0.5, 0.6) is 0 Å². The molecule has 0 saturated heterocycles. The maximum atomic E-state index is 2.40. The molecule has 2 heteroatoms. The molecule has 0 unspecified atom stereocenters. The van der Waals surface area contributed by atoms with Crippen LogP contribution in [0, 0.1) is 0 Å². The second-order valence-electron chi connectivity index (χ2n) is 14.4. The highest BCUT2D eigenvalue weighted by molar-refractivity contribution is 7.28. The Kier molecular flexibility index (Phi) is 6.48. The van der Waals surface area contributed by atoms with Crippen LogP contribution >= 0.6 is 22.7 Å². The van der Waals surface area contributed by atoms with Gasteiger partial charge in [-0.2, -0.15) is 0 Å². The molecule has 0 saturated carbocycles. The summed E-state index contributed by atoms with van der Waals surface area (Å²) in [5.74, 6) is 0. The molecule has 2 aromatic heterocycles. The van der Waals surface area contributed by atoms with Crippen LogP contribution < -0.4 is 0 Å². The van der Waals surface area contributed by atoms with Gasteiger partial charge >= 0.3 is 0 Å². The summed E-state index contributed by atoms with van der Waals surface area (Å²) in [4.78, 5) is 0. The second-order valence-corrected chi connectivity index (χ2v) is 16.5. The van der Waals surface area contributed by atoms with E-state index in [1.807, 2.05) is 22.7 Å². The molecule has 0 N–H and O–H groups in total. The van der Waals surface area contributed by atoms with E-state index in [9.17, 15) is 0 Å². The summed E-state index contributed by atoms with van der Waals surface area (Å²) in [6.07, 6.45) is 0. The lowest BCUT2D eigenvalue weighted by atomic mass is 9.85. The minimum Gasteiger partial charge on any atom is -0.135 e. The van der Waals surface area contributed by atoms with Gasteiger partial charge in [-0.05, 0) is 95.3 Å². The van der Waals surface area contributed by atoms with E-state index in [0.717, 1.165) is 0 Å². The van der Waals surface area contributed by atoms with E-state index in [1.54, 1.807) is 0 Å². The van der Waals surface area contributed by atoms with Crippen molar-refractivity contribution in [3.05, 3.63) is 182 Å². The molecule has 0 aliphatic heterocycles. The molecule has 0 atom stereocenters. The maximum absolute atomic E-state index is 2.40. The van der Waals surface area contributed by atoms with Crippen molar-refractivity contribution < 1.29 is 0 Å². The maximum Gasteiger partial charge on any atom is 0.0440 e. The van der Waals surface area contributed by atoms with Crippen LogP contribution in [0.4, 0.5) is 0 Å². The molecule has 54 heavy (non-hydrogen) atoms. The molecule has 0 bridgehead atoms. The number of rotatable bonds is 3. The van der Waals surface area contributed by atoms with Crippen LogP contribution in [0.2, 0.25) is 0 Å². The third-order valence-electron chi connectivity index (χ3n) is 11.4. The predicted octanol–water partition coefficient (Wildman–Crippen LogP) is 16.0. The Morgan fingerprint density at radius 1 is 0.259 bits per heavy atom. The lowest BCUT2D eigenvalue weighted by molar-refractivity contribution is 1.63. The van der Waals surface area contributed by atoms with Gasteiger partial charge in [-0.1, -0.05) is 158 Å². The first kappa shape index (κ1) is 30.2. The van der Waals surface area contributed by atoms with Crippen molar-refractivity contribution in [3.8, 4) is 33.4 Å². The Hall–Kier alpha value is -6.32. The van der Waals surface area contributed by atoms with Crippen LogP contribution in [0.3, 0.4) is 0 Å². The molecule has 250 valence electrons. The first-order valence-electron chi connectivity index (χ1n) is 18.5. The normalized spacial score (nSPS) is 12.1. The fourth-order valence-electron chi connectivity index (χ4n) is 8.96. The molecule has 2 heterocycles. The Labute approximate surface area is 319 Å². The first-order chi connectivity index (χ1) is 26.8. The number of fused-ring (bicyclic) bond motifs is 12. The highest BCUT2D eigenvalue weighted by Crippen LogP contribution is 2.47. The van der Waals surface area contributed by atoms with E-state index in [-0.39, 0.29) is 0 Å². The molecule has 0 amide bonds. The second kappa shape index (κ2) is 11.6. The number of benzene rings is 10. The fourth-order valence-corrected chi connectivity index (χ4v) is 11.4. The lowest BCUT2D eigenvalue weighted by Crippen LogP contribution is -1.91. The molecule has 12 aromatic rings. The zero-order valence-corrected chi connectivity index (χ0v) is 30.8. The van der Waals surface area contributed by atoms with Gasteiger partial charge in [-0.3, -0.25) is 0 Å². The van der Waals surface area contributed by atoms with Crippen LogP contribution in [0.15, 0.2) is 182 Å². The monoisotopic (exact) mass is 718 g/mol. The summed E-state index contributed by atoms with van der Waals surface area (Å²) in [6.45, 7) is 0. The highest BCUT2D eigenvalue weighted by Gasteiger charge is 2.18. The van der Waals surface area contributed by atoms with Gasteiger partial charge in [0.2, 0.25) is 0 Å². The standard InChI is InChI=1S/C52H30S2/c1-2-10-35-29-37(22-19-31(35)9-1)49-41-14-5-3-12-39(41)48(40-13-4-6-15-42(40)49)33-20-17-32(18-21-33)36-24-27-44-47(30-36)53-46-28-25-34-23-26-43-38-11-7-8-16-45(38)54-52(43)50(34)51(44)46/h1-30H. The Bertz CT molecular complexity index is 3430. The largest absolute Gasteiger partial charge is 0.135 e. The number of hydrogen-bond donors (Lipinski definition) is 0. The average molecular weight is 719 g/mol. The number of thiophene rings is 2. The van der Waals surface area contributed by atoms with Crippen LogP contribution in [-0.4, -0.2) is 0 Å². The summed E-state index contributed by atoms with van der Waals surface area (Å²) in [5, 5.41) is 15.8. The lowest BCUT2D eigenvalue weighted by Gasteiger charge is -2.18. The third kappa shape index (κ3) is 4.42. The predicted molar refractivity (Wildman–Crippen MR) is 239 cm³/mol. The van der Waals surface area contributed by atoms with E-state index in [0.29, 0.717) is 0 Å². The summed E-state index contributed by atoms with van der Waals surface area (Å²) in [6, 6.07) is 67.8. The summed E-state index contributed by atoms with van der Waals surface area (Å²) in [7, 11) is 0. The van der Waals surface area contributed by atoms with Crippen molar-refractivity contribution in [2.24, 2.45) is 0 Å². The molecule has 0 aliphatic rings. The Morgan fingerprint density at radius 2 is 0.815 bits per heavy atom. The zero-order valence-electron chi connectivity index (χ0n) is 29.1. The van der Waals surface area contributed by atoms with E-state index in [1.165, 1.54) is 117 Å². The molecule has 0 aliphatic carbocycles. The minimum absolute atomic E-state index is 1.23. The van der Waals surface area contributed by atoms with E-state index < -0.39 is 0 Å². The Morgan fingerprint density at radius 3 is 1.57 bits per heavy atom. The van der Waals surface area contributed by atoms with Gasteiger partial charge in [0.05, 0.1) is 0 Å². The molecular weight excluding hydrogens is 689 g/mol. The SMILES string of the molecule is c1ccc2cc(-c3c4ccccc4c(-c4ccc(-c5ccc6c(c5)sc5ccc7ccc8c9ccccc9sc8c7c56)cc4)c4ccccc34)ccc2c1. The van der Waals surface area contributed by atoms with Gasteiger partial charge in [-0.25, -0.2) is 0 Å². The van der Waals surface area contributed by atoms with Gasteiger partial charge in [0.25, 0.3) is 0 Å². The van der Waals surface area contributed by atoms with E-state index in [2.05, 4.69) is 182 Å². The minimum atomic E-state index is 1.23. The van der Waals surface area contributed by atoms with Gasteiger partial charge in [0, 0.05) is 45.7 Å². The molecule has 0 radical (unpaired) electrons. The first-order valence-corrected chi connectivity index (χ1v) is 20.1. The van der Waals surface area contributed by atoms with Crippen LogP contribution in [-0.2, 0) is 0 Å². The van der Waals surface area contributed by atoms with Crippen molar-refractivity contribution in [1.82, 2.24) is 0 Å². The molecule has 0 spiro atoms. The van der Waals surface area contributed by atoms with Crippen molar-refractivity contribution in [3.63, 3.8) is 0 Å². The molecule has 0 fully saturated rings. The summed E-state index contributed by atoms with van der Waals surface area (Å²) < 4.78 is 5.42. The topological polar surface area (TPSA) is 0 Å². The van der Waals surface area contributed by atoms with Gasteiger partial charge in [0.1, 0.15) is 0 Å². The van der Waals surface area contributed by atoms with E-state index >= 15 is 0 Å². The summed E-state index contributed by atoms with van der Waals surface area (Å²) >= 11 is 3.83. The molecule has 0 nitrogen and oxygen atoms in total. The Balaban J connectivity index is 0.996. The van der Waals surface area contributed by atoms with Crippen molar-refractivity contribution in [2.45, 2.75) is 0 Å². The van der Waals surface area contributed by atoms with E-state index in [4.69, 9.17) is 0 Å². The van der Waals surface area contributed by atoms with Crippen LogP contribution in [0.25, 0.3) is 117 Å². The van der Waals surface area contributed by atoms with Crippen molar-refractivity contribution in [1.29, 1.82) is 0 Å². The quantitative estimate of drug-likeness (QED) is 0.160. The molecule has 10 aromatic carbocycles. The van der Waals surface area contributed by atoms with Crippen molar-refractivity contribution >= 4 is 106 Å². The number of hydrogen-bond acceptors (Lipinski definition) is 2. The fraction of sp³-hybridized carbons (Fsp3) is 0. The molecule has 12 rings (SSSR count). The van der Waals surface area contributed by atoms with Gasteiger partial charge < -0.3 is 0 Å². The van der Waals surface area contributed by atoms with Gasteiger partial charge in [0.15, 0.2) is 0 Å². The third-order valence-corrected chi connectivity index (χ3v) is 13.8.